The molecule has 9 nitrogen and oxygen atoms in total. The zero-order valence-electron chi connectivity index (χ0n) is 30.1. The maximum atomic E-state index is 10.6. The molecule has 0 bridgehead atoms. The highest BCUT2D eigenvalue weighted by Crippen LogP contribution is 2.24. The maximum absolute atomic E-state index is 10.6. The Morgan fingerprint density at radius 1 is 0.841 bits per heavy atom. The molecule has 0 saturated carbocycles. The van der Waals surface area contributed by atoms with Crippen molar-refractivity contribution < 1.29 is 18.5 Å². The smallest absolute Gasteiger partial charge is 0.407 e. The van der Waals surface area contributed by atoms with Crippen LogP contribution < -0.4 is 5.32 Å². The number of aromatic nitrogens is 4. The van der Waals surface area contributed by atoms with Crippen LogP contribution in [0.3, 0.4) is 0 Å². The lowest BCUT2D eigenvalue weighted by Gasteiger charge is -2.20. The van der Waals surface area contributed by atoms with Crippen molar-refractivity contribution in [3.8, 4) is 0 Å². The fraction of sp³-hybridized carbons (Fsp3) is 0.735. The van der Waals surface area contributed by atoms with Crippen molar-refractivity contribution in [2.24, 2.45) is 21.7 Å². The lowest BCUT2D eigenvalue weighted by Crippen LogP contribution is -2.21. The normalized spacial score (nSPS) is 15.2. The molecule has 1 unspecified atom stereocenters. The minimum atomic E-state index is -0.278. The van der Waals surface area contributed by atoms with E-state index in [1.54, 1.807) is 18.3 Å². The van der Waals surface area contributed by atoms with E-state index in [9.17, 15) is 4.79 Å². The van der Waals surface area contributed by atoms with Gasteiger partial charge in [0.25, 0.3) is 0 Å². The third kappa shape index (κ3) is 20.3. The van der Waals surface area contributed by atoms with Crippen LogP contribution in [0.5, 0.6) is 0 Å². The first-order valence-electron chi connectivity index (χ1n) is 15.5. The maximum Gasteiger partial charge on any atom is 0.407 e. The molecule has 1 aliphatic heterocycles. The number of carbonyl (C=O) groups is 1. The second-order valence-corrected chi connectivity index (χ2v) is 17.7. The monoisotopic (exact) mass is 633 g/mol. The molecule has 1 atom stereocenters. The van der Waals surface area contributed by atoms with Gasteiger partial charge in [-0.3, -0.25) is 0 Å². The highest BCUT2D eigenvalue weighted by molar-refractivity contribution is 7.11. The molecule has 1 N–H and O–H groups in total. The molecule has 1 aliphatic rings. The van der Waals surface area contributed by atoms with Gasteiger partial charge >= 0.3 is 6.09 Å². The van der Waals surface area contributed by atoms with Crippen molar-refractivity contribution in [3.05, 3.63) is 45.4 Å². The average Bonchev–Trinajstić information content (AvgIpc) is 3.57. The zero-order chi connectivity index (χ0) is 33.9. The van der Waals surface area contributed by atoms with Gasteiger partial charge in [-0.25, -0.2) is 9.78 Å². The van der Waals surface area contributed by atoms with E-state index < -0.39 is 0 Å². The minimum absolute atomic E-state index is 0.0718. The quantitative estimate of drug-likeness (QED) is 0.302. The summed E-state index contributed by atoms with van der Waals surface area (Å²) in [5.74, 6) is 2.36. The van der Waals surface area contributed by atoms with Crippen LogP contribution in [0.4, 0.5) is 4.79 Å². The summed E-state index contributed by atoms with van der Waals surface area (Å²) in [6.07, 6.45) is 5.55. The van der Waals surface area contributed by atoms with Gasteiger partial charge in [0.2, 0.25) is 11.8 Å². The molecular formula is C34H59N5O4S. The third-order valence-corrected chi connectivity index (χ3v) is 6.48. The summed E-state index contributed by atoms with van der Waals surface area (Å²) in [6, 6.07) is 1.99. The van der Waals surface area contributed by atoms with Crippen LogP contribution in [0.2, 0.25) is 0 Å². The van der Waals surface area contributed by atoms with E-state index in [1.165, 1.54) is 9.88 Å². The number of rotatable bonds is 4. The van der Waals surface area contributed by atoms with E-state index in [0.29, 0.717) is 17.9 Å². The number of hydrogen-bond donors (Lipinski definition) is 1. The number of thiazole rings is 1. The van der Waals surface area contributed by atoms with Crippen molar-refractivity contribution in [3.63, 3.8) is 0 Å². The summed E-state index contributed by atoms with van der Waals surface area (Å²) in [7, 11) is 0. The highest BCUT2D eigenvalue weighted by Gasteiger charge is 2.27. The number of nitrogens with zero attached hydrogens (tertiary/aromatic N) is 4. The van der Waals surface area contributed by atoms with Crippen LogP contribution in [0.15, 0.2) is 21.2 Å². The molecule has 10 heteroatoms. The van der Waals surface area contributed by atoms with Gasteiger partial charge < -0.3 is 19.0 Å². The van der Waals surface area contributed by atoms with Crippen molar-refractivity contribution in [2.75, 3.05) is 6.54 Å². The first-order chi connectivity index (χ1) is 19.9. The molecule has 1 amide bonds. The van der Waals surface area contributed by atoms with Crippen molar-refractivity contribution >= 4 is 17.4 Å². The highest BCUT2D eigenvalue weighted by atomic mass is 32.1. The molecule has 4 heterocycles. The fourth-order valence-electron chi connectivity index (χ4n) is 4.05. The summed E-state index contributed by atoms with van der Waals surface area (Å²) in [4.78, 5) is 16.2. The SMILES string of the molecule is CC(C)(C)CC1CNC(=O)O1.Cc1cc(CC(C)(C)C)on1.Cc1cnc(CC(C)(C)C)s1.Cc1nnc(CC(C)(C)C)o1. The standard InChI is InChI=1S/C9H15NO.C9H15NS.C8H14N2O.C8H15NO2/c1-7-5-8(11-10-7)6-9(2,3)4;1-7-6-10-8(11-7)5-9(2,3)4;1-6-9-10-7(11-6)5-8(2,3)4;1-8(2,3)4-6-5-9-7(10)11-6/h5H,6H2,1-4H3;6H,5H2,1-4H3;5H2,1-4H3;6H,4-5H2,1-3H3,(H,9,10). The summed E-state index contributed by atoms with van der Waals surface area (Å²) < 4.78 is 15.3. The molecular weight excluding hydrogens is 574 g/mol. The predicted octanol–water partition coefficient (Wildman–Crippen LogP) is 9.11. The average molecular weight is 634 g/mol. The van der Waals surface area contributed by atoms with Gasteiger partial charge in [-0.2, -0.15) is 0 Å². The van der Waals surface area contributed by atoms with Crippen LogP contribution in [-0.2, 0) is 24.0 Å². The van der Waals surface area contributed by atoms with Crippen molar-refractivity contribution in [2.45, 2.75) is 136 Å². The number of nitrogens with one attached hydrogen (secondary N) is 1. The summed E-state index contributed by atoms with van der Waals surface area (Å²) in [6.45, 7) is 32.6. The second-order valence-electron chi connectivity index (χ2n) is 16.4. The summed E-state index contributed by atoms with van der Waals surface area (Å²) in [5, 5.41) is 15.4. The number of hydrogen-bond acceptors (Lipinski definition) is 9. The molecule has 0 aromatic carbocycles. The number of amides is 1. The Morgan fingerprint density at radius 3 is 1.80 bits per heavy atom. The van der Waals surface area contributed by atoms with Gasteiger partial charge in [0.15, 0.2) is 0 Å². The number of cyclic esters (lactones) is 1. The predicted molar refractivity (Wildman–Crippen MR) is 179 cm³/mol. The second kappa shape index (κ2) is 16.5. The zero-order valence-corrected chi connectivity index (χ0v) is 30.9. The van der Waals surface area contributed by atoms with Gasteiger partial charge in [-0.05, 0) is 41.9 Å². The van der Waals surface area contributed by atoms with E-state index in [0.717, 1.165) is 43.0 Å². The Labute approximate surface area is 270 Å². The number of alkyl carbamates (subject to hydrolysis) is 1. The van der Waals surface area contributed by atoms with E-state index in [4.69, 9.17) is 13.7 Å². The first-order valence-corrected chi connectivity index (χ1v) is 16.3. The first kappa shape index (κ1) is 39.3. The van der Waals surface area contributed by atoms with Crippen LogP contribution >= 0.6 is 11.3 Å². The molecule has 3 aromatic rings. The Hall–Kier alpha value is -2.75. The Kier molecular flexibility index (Phi) is 14.8. The topological polar surface area (TPSA) is 116 Å². The van der Waals surface area contributed by atoms with Gasteiger partial charge in [-0.15, -0.1) is 21.5 Å². The molecule has 0 radical (unpaired) electrons. The molecule has 1 saturated heterocycles. The molecule has 0 spiro atoms. The molecule has 0 aliphatic carbocycles. The molecule has 250 valence electrons. The van der Waals surface area contributed by atoms with Crippen molar-refractivity contribution in [1.82, 2.24) is 25.7 Å². The lowest BCUT2D eigenvalue weighted by atomic mass is 9.89. The largest absolute Gasteiger partial charge is 0.444 e. The third-order valence-electron chi connectivity index (χ3n) is 5.57. The van der Waals surface area contributed by atoms with E-state index in [2.05, 4.69) is 116 Å². The van der Waals surface area contributed by atoms with Crippen molar-refractivity contribution in [1.29, 1.82) is 0 Å². The van der Waals surface area contributed by atoms with Crippen LogP contribution in [-0.4, -0.2) is 39.1 Å². The van der Waals surface area contributed by atoms with Gasteiger partial charge in [0.05, 0.1) is 17.2 Å². The molecule has 1 fully saturated rings. The van der Waals surface area contributed by atoms with E-state index >= 15 is 0 Å². The number of ether oxygens (including phenoxy) is 1. The lowest BCUT2D eigenvalue weighted by molar-refractivity contribution is 0.114. The van der Waals surface area contributed by atoms with Gasteiger partial charge in [0, 0.05) is 43.3 Å². The number of carbonyl (C=O) groups excluding carboxylic acids is 1. The minimum Gasteiger partial charge on any atom is -0.444 e. The number of aryl methyl sites for hydroxylation is 3. The van der Waals surface area contributed by atoms with E-state index in [-0.39, 0.29) is 28.4 Å². The summed E-state index contributed by atoms with van der Waals surface area (Å²) in [5.41, 5.74) is 2.07. The van der Waals surface area contributed by atoms with E-state index in [1.807, 2.05) is 19.2 Å². The molecule has 44 heavy (non-hydrogen) atoms. The molecule has 4 rings (SSSR count). The van der Waals surface area contributed by atoms with Crippen LogP contribution in [0.25, 0.3) is 0 Å². The Balaban J connectivity index is 0.000000293. The fourth-order valence-corrected chi connectivity index (χ4v) is 5.14. The van der Waals surface area contributed by atoms with Gasteiger partial charge in [0.1, 0.15) is 11.9 Å². The summed E-state index contributed by atoms with van der Waals surface area (Å²) >= 11 is 1.80. The van der Waals surface area contributed by atoms with Crippen LogP contribution in [0.1, 0.15) is 123 Å². The van der Waals surface area contributed by atoms with Gasteiger partial charge in [-0.1, -0.05) is 88.2 Å². The van der Waals surface area contributed by atoms with Crippen LogP contribution in [0, 0.1) is 42.4 Å². The Bertz CT molecular complexity index is 1130. The Morgan fingerprint density at radius 2 is 1.43 bits per heavy atom. The molecule has 3 aromatic heterocycles.